The fourth-order valence-electron chi connectivity index (χ4n) is 2.91. The molecule has 0 aliphatic carbocycles. The maximum Gasteiger partial charge on any atom is 0.262 e. The van der Waals surface area contributed by atoms with Crippen molar-refractivity contribution in [2.24, 2.45) is 11.0 Å². The molecule has 2 aromatic rings. The minimum absolute atomic E-state index is 0.0201. The van der Waals surface area contributed by atoms with Crippen molar-refractivity contribution >= 4 is 45.6 Å². The minimum Gasteiger partial charge on any atom is -0.490 e. The molecule has 0 aliphatic rings. The van der Waals surface area contributed by atoms with E-state index < -0.39 is 17.9 Å². The highest BCUT2D eigenvalue weighted by molar-refractivity contribution is 9.10. The van der Waals surface area contributed by atoms with Crippen LogP contribution in [0.5, 0.6) is 11.5 Å². The summed E-state index contributed by atoms with van der Waals surface area (Å²) in [4.78, 5) is 25.3. The summed E-state index contributed by atoms with van der Waals surface area (Å²) in [5.74, 6) is 0.142. The summed E-state index contributed by atoms with van der Waals surface area (Å²) in [5.41, 5.74) is 3.50. The first-order valence-electron chi connectivity index (χ1n) is 10.6. The average molecular weight is 539 g/mol. The van der Waals surface area contributed by atoms with Crippen molar-refractivity contribution in [3.05, 3.63) is 57.0 Å². The Kier molecular flexibility index (Phi) is 10.2. The SMILES string of the molecule is CCOc1cc(C=NNC(=O)C(NC(=O)c2ccccc2Cl)C(C)C)cc(Br)c1OC(C)C. The Bertz CT molecular complexity index is 1010. The maximum atomic E-state index is 12.7. The Morgan fingerprint density at radius 1 is 1.18 bits per heavy atom. The number of nitrogens with zero attached hydrogens (tertiary/aromatic N) is 1. The lowest BCUT2D eigenvalue weighted by molar-refractivity contribution is -0.123. The molecule has 0 saturated carbocycles. The molecule has 2 aromatic carbocycles. The fraction of sp³-hybridized carbons (Fsp3) is 0.375. The standard InChI is InChI=1S/C24H29BrClN3O4/c1-6-32-20-12-16(11-18(25)22(20)33-15(4)5)13-27-29-24(31)21(14(2)3)28-23(30)17-9-7-8-10-19(17)26/h7-15,21H,6H2,1-5H3,(H,28,30)(H,29,31). The molecule has 0 saturated heterocycles. The number of carbonyl (C=O) groups is 2. The van der Waals surface area contributed by atoms with Gasteiger partial charge in [0.05, 0.1) is 34.0 Å². The molecule has 0 fully saturated rings. The third-order valence-electron chi connectivity index (χ3n) is 4.43. The van der Waals surface area contributed by atoms with Crippen LogP contribution in [0.3, 0.4) is 0 Å². The molecule has 2 amide bonds. The van der Waals surface area contributed by atoms with E-state index in [1.54, 1.807) is 30.3 Å². The van der Waals surface area contributed by atoms with E-state index in [-0.39, 0.29) is 12.0 Å². The molecule has 2 N–H and O–H groups in total. The maximum absolute atomic E-state index is 12.7. The van der Waals surface area contributed by atoms with Crippen LogP contribution in [0.1, 0.15) is 50.5 Å². The van der Waals surface area contributed by atoms with Crippen molar-refractivity contribution in [1.82, 2.24) is 10.7 Å². The average Bonchev–Trinajstić information content (AvgIpc) is 2.74. The van der Waals surface area contributed by atoms with E-state index in [2.05, 4.69) is 31.8 Å². The monoisotopic (exact) mass is 537 g/mol. The van der Waals surface area contributed by atoms with Gasteiger partial charge in [0.25, 0.3) is 11.8 Å². The summed E-state index contributed by atoms with van der Waals surface area (Å²) in [6.07, 6.45) is 1.48. The lowest BCUT2D eigenvalue weighted by Crippen LogP contribution is -2.48. The number of hydrazone groups is 1. The van der Waals surface area contributed by atoms with Gasteiger partial charge < -0.3 is 14.8 Å². The van der Waals surface area contributed by atoms with Gasteiger partial charge >= 0.3 is 0 Å². The zero-order valence-electron chi connectivity index (χ0n) is 19.3. The van der Waals surface area contributed by atoms with Crippen molar-refractivity contribution in [3.63, 3.8) is 0 Å². The van der Waals surface area contributed by atoms with Gasteiger partial charge in [-0.2, -0.15) is 5.10 Å². The second-order valence-corrected chi connectivity index (χ2v) is 9.10. The van der Waals surface area contributed by atoms with Gasteiger partial charge in [0.1, 0.15) is 6.04 Å². The molecule has 1 atom stereocenters. The first-order chi connectivity index (χ1) is 15.6. The second-order valence-electron chi connectivity index (χ2n) is 7.84. The van der Waals surface area contributed by atoms with Crippen LogP contribution in [0.25, 0.3) is 0 Å². The van der Waals surface area contributed by atoms with E-state index in [0.717, 1.165) is 0 Å². The van der Waals surface area contributed by atoms with Crippen molar-refractivity contribution in [3.8, 4) is 11.5 Å². The zero-order valence-corrected chi connectivity index (χ0v) is 21.7. The second kappa shape index (κ2) is 12.6. The topological polar surface area (TPSA) is 89.0 Å². The number of amides is 2. The summed E-state index contributed by atoms with van der Waals surface area (Å²) < 4.78 is 12.2. The predicted octanol–water partition coefficient (Wildman–Crippen LogP) is 5.19. The normalized spacial score (nSPS) is 12.2. The molecule has 0 aromatic heterocycles. The lowest BCUT2D eigenvalue weighted by atomic mass is 10.0. The first-order valence-corrected chi connectivity index (χ1v) is 11.8. The van der Waals surface area contributed by atoms with Gasteiger partial charge in [0.15, 0.2) is 11.5 Å². The van der Waals surface area contributed by atoms with Crippen LogP contribution in [0, 0.1) is 5.92 Å². The van der Waals surface area contributed by atoms with Gasteiger partial charge in [-0.1, -0.05) is 37.6 Å². The summed E-state index contributed by atoms with van der Waals surface area (Å²) in [6.45, 7) is 9.89. The van der Waals surface area contributed by atoms with Gasteiger partial charge in [-0.05, 0) is 72.4 Å². The predicted molar refractivity (Wildman–Crippen MR) is 134 cm³/mol. The fourth-order valence-corrected chi connectivity index (χ4v) is 3.69. The van der Waals surface area contributed by atoms with Gasteiger partial charge in [0.2, 0.25) is 0 Å². The van der Waals surface area contributed by atoms with E-state index in [4.69, 9.17) is 21.1 Å². The number of nitrogens with one attached hydrogen (secondary N) is 2. The lowest BCUT2D eigenvalue weighted by Gasteiger charge is -2.20. The van der Waals surface area contributed by atoms with E-state index in [1.807, 2.05) is 40.7 Å². The quantitative estimate of drug-likeness (QED) is 0.322. The van der Waals surface area contributed by atoms with Crippen LogP contribution in [-0.4, -0.2) is 36.8 Å². The first kappa shape index (κ1) is 26.7. The summed E-state index contributed by atoms with van der Waals surface area (Å²) in [7, 11) is 0. The third kappa shape index (κ3) is 7.75. The van der Waals surface area contributed by atoms with Crippen LogP contribution in [0.4, 0.5) is 0 Å². The molecule has 0 aliphatic heterocycles. The molecule has 178 valence electrons. The molecule has 1 unspecified atom stereocenters. The molecule has 0 spiro atoms. The number of rotatable bonds is 10. The zero-order chi connectivity index (χ0) is 24.5. The van der Waals surface area contributed by atoms with Crippen LogP contribution in [0.2, 0.25) is 5.02 Å². The van der Waals surface area contributed by atoms with Crippen LogP contribution in [0.15, 0.2) is 46.0 Å². The third-order valence-corrected chi connectivity index (χ3v) is 5.35. The van der Waals surface area contributed by atoms with Crippen molar-refractivity contribution in [2.45, 2.75) is 46.8 Å². The Labute approximate surface area is 208 Å². The Balaban J connectivity index is 2.13. The van der Waals surface area contributed by atoms with Crippen LogP contribution in [-0.2, 0) is 4.79 Å². The highest BCUT2D eigenvalue weighted by atomic mass is 79.9. The Hall–Kier alpha value is -2.58. The van der Waals surface area contributed by atoms with E-state index in [1.165, 1.54) is 6.21 Å². The summed E-state index contributed by atoms with van der Waals surface area (Å²) >= 11 is 9.59. The smallest absolute Gasteiger partial charge is 0.262 e. The molecule has 9 heteroatoms. The van der Waals surface area contributed by atoms with E-state index in [9.17, 15) is 9.59 Å². The van der Waals surface area contributed by atoms with Crippen molar-refractivity contribution < 1.29 is 19.1 Å². The van der Waals surface area contributed by atoms with E-state index in [0.29, 0.717) is 38.7 Å². The highest BCUT2D eigenvalue weighted by Crippen LogP contribution is 2.37. The Morgan fingerprint density at radius 3 is 2.48 bits per heavy atom. The van der Waals surface area contributed by atoms with Crippen LogP contribution >= 0.6 is 27.5 Å². The number of halogens is 2. The Morgan fingerprint density at radius 2 is 1.88 bits per heavy atom. The minimum atomic E-state index is -0.793. The van der Waals surface area contributed by atoms with Crippen molar-refractivity contribution in [2.75, 3.05) is 6.61 Å². The highest BCUT2D eigenvalue weighted by Gasteiger charge is 2.25. The number of ether oxygens (including phenoxy) is 2. The molecular weight excluding hydrogens is 510 g/mol. The number of hydrogen-bond acceptors (Lipinski definition) is 5. The van der Waals surface area contributed by atoms with Gasteiger partial charge in [-0.15, -0.1) is 0 Å². The summed E-state index contributed by atoms with van der Waals surface area (Å²) in [6, 6.07) is 9.47. The molecule has 2 rings (SSSR count). The van der Waals surface area contributed by atoms with Crippen LogP contribution < -0.4 is 20.2 Å². The number of benzene rings is 2. The molecule has 7 nitrogen and oxygen atoms in total. The van der Waals surface area contributed by atoms with Gasteiger partial charge in [0, 0.05) is 0 Å². The molecule has 33 heavy (non-hydrogen) atoms. The van der Waals surface area contributed by atoms with Crippen molar-refractivity contribution in [1.29, 1.82) is 0 Å². The molecule has 0 radical (unpaired) electrons. The number of hydrogen-bond donors (Lipinski definition) is 2. The van der Waals surface area contributed by atoms with Gasteiger partial charge in [-0.3, -0.25) is 9.59 Å². The summed E-state index contributed by atoms with van der Waals surface area (Å²) in [5, 5.41) is 7.10. The molecular formula is C24H29BrClN3O4. The van der Waals surface area contributed by atoms with Gasteiger partial charge in [-0.25, -0.2) is 5.43 Å². The number of carbonyl (C=O) groups excluding carboxylic acids is 2. The van der Waals surface area contributed by atoms with E-state index >= 15 is 0 Å². The molecule has 0 bridgehead atoms. The molecule has 0 heterocycles. The largest absolute Gasteiger partial charge is 0.490 e.